The summed E-state index contributed by atoms with van der Waals surface area (Å²) in [5, 5.41) is 19.7. The van der Waals surface area contributed by atoms with Crippen molar-refractivity contribution in [2.24, 2.45) is 0 Å². The summed E-state index contributed by atoms with van der Waals surface area (Å²) in [7, 11) is 0. The summed E-state index contributed by atoms with van der Waals surface area (Å²) in [6.07, 6.45) is -0.260. The van der Waals surface area contributed by atoms with Crippen LogP contribution in [0.1, 0.15) is 13.3 Å². The number of benzene rings is 1. The van der Waals surface area contributed by atoms with E-state index in [-0.39, 0.29) is 22.5 Å². The molecular weight excluding hydrogens is 297 g/mol. The molecule has 1 rings (SSSR count). The molecule has 1 atom stereocenters. The van der Waals surface area contributed by atoms with Crippen LogP contribution in [-0.4, -0.2) is 22.7 Å². The summed E-state index contributed by atoms with van der Waals surface area (Å²) in [4.78, 5) is 10.1. The first kappa shape index (κ1) is 13.9. The van der Waals surface area contributed by atoms with Gasteiger partial charge in [-0.15, -0.1) is 0 Å². The minimum atomic E-state index is -0.651. The lowest BCUT2D eigenvalue weighted by atomic mass is 10.3. The van der Waals surface area contributed by atoms with E-state index in [0.717, 1.165) is 12.1 Å². The Kier molecular flexibility index (Phi) is 4.83. The number of aliphatic hydroxyl groups is 1. The molecule has 0 aromatic heterocycles. The Balaban J connectivity index is 2.89. The molecule has 0 radical (unpaired) electrons. The minimum absolute atomic E-state index is 0.00655. The van der Waals surface area contributed by atoms with Crippen molar-refractivity contribution in [1.29, 1.82) is 0 Å². The third-order valence-electron chi connectivity index (χ3n) is 1.99. The quantitative estimate of drug-likeness (QED) is 0.670. The fraction of sp³-hybridized carbons (Fsp3) is 0.400. The van der Waals surface area contributed by atoms with Gasteiger partial charge in [0.15, 0.2) is 5.75 Å². The highest BCUT2D eigenvalue weighted by Crippen LogP contribution is 2.32. The predicted octanol–water partition coefficient (Wildman–Crippen LogP) is 2.65. The molecule has 0 aliphatic heterocycles. The van der Waals surface area contributed by atoms with Crippen molar-refractivity contribution in [3.63, 3.8) is 0 Å². The third kappa shape index (κ3) is 3.94. The van der Waals surface area contributed by atoms with Crippen LogP contribution in [0.25, 0.3) is 0 Å². The molecule has 1 aromatic rings. The van der Waals surface area contributed by atoms with Crippen molar-refractivity contribution < 1.29 is 19.2 Å². The van der Waals surface area contributed by atoms with Gasteiger partial charge in [-0.25, -0.2) is 4.39 Å². The third-order valence-corrected chi connectivity index (χ3v) is 2.60. The first-order chi connectivity index (χ1) is 7.91. The van der Waals surface area contributed by atoms with E-state index in [1.165, 1.54) is 0 Å². The molecule has 0 fully saturated rings. The number of nitro groups is 1. The highest BCUT2D eigenvalue weighted by Gasteiger charge is 2.18. The summed E-state index contributed by atoms with van der Waals surface area (Å²) in [6.45, 7) is 1.65. The van der Waals surface area contributed by atoms with Crippen LogP contribution < -0.4 is 4.74 Å². The number of aliphatic hydroxyl groups excluding tert-OH is 1. The Morgan fingerprint density at radius 1 is 1.65 bits per heavy atom. The standard InChI is InChI=1S/C10H11BrFNO4/c1-6(14)2-3-17-10-5-8(12)7(11)4-9(10)13(15)16/h4-6,14H,2-3H2,1H3. The Labute approximate surface area is 105 Å². The van der Waals surface area contributed by atoms with Gasteiger partial charge in [0.05, 0.1) is 22.1 Å². The van der Waals surface area contributed by atoms with Crippen LogP contribution in [0.3, 0.4) is 0 Å². The van der Waals surface area contributed by atoms with Crippen LogP contribution in [0.15, 0.2) is 16.6 Å². The Bertz CT molecular complexity index is 425. The average molecular weight is 308 g/mol. The largest absolute Gasteiger partial charge is 0.487 e. The van der Waals surface area contributed by atoms with E-state index >= 15 is 0 Å². The van der Waals surface area contributed by atoms with Crippen molar-refractivity contribution in [2.45, 2.75) is 19.4 Å². The topological polar surface area (TPSA) is 72.6 Å². The lowest BCUT2D eigenvalue weighted by Crippen LogP contribution is -2.08. The number of nitrogens with zero attached hydrogens (tertiary/aromatic N) is 1. The lowest BCUT2D eigenvalue weighted by molar-refractivity contribution is -0.386. The number of rotatable bonds is 5. The molecule has 1 N–H and O–H groups in total. The van der Waals surface area contributed by atoms with Gasteiger partial charge in [0, 0.05) is 18.6 Å². The molecular formula is C10H11BrFNO4. The van der Waals surface area contributed by atoms with E-state index in [2.05, 4.69) is 15.9 Å². The van der Waals surface area contributed by atoms with Gasteiger partial charge >= 0.3 is 5.69 Å². The summed E-state index contributed by atoms with van der Waals surface area (Å²) >= 11 is 2.86. The van der Waals surface area contributed by atoms with Gasteiger partial charge in [0.2, 0.25) is 0 Å². The fourth-order valence-electron chi connectivity index (χ4n) is 1.12. The van der Waals surface area contributed by atoms with Gasteiger partial charge in [-0.05, 0) is 22.9 Å². The average Bonchev–Trinajstić information content (AvgIpc) is 2.22. The van der Waals surface area contributed by atoms with Crippen LogP contribution in [0.5, 0.6) is 5.75 Å². The minimum Gasteiger partial charge on any atom is -0.487 e. The van der Waals surface area contributed by atoms with Crippen LogP contribution in [0.4, 0.5) is 10.1 Å². The zero-order valence-electron chi connectivity index (χ0n) is 9.02. The maximum atomic E-state index is 13.2. The van der Waals surface area contributed by atoms with Crippen molar-refractivity contribution in [3.05, 3.63) is 32.5 Å². The molecule has 0 saturated heterocycles. The predicted molar refractivity (Wildman–Crippen MR) is 62.5 cm³/mol. The number of halogens is 2. The molecule has 17 heavy (non-hydrogen) atoms. The lowest BCUT2D eigenvalue weighted by Gasteiger charge is -2.08. The molecule has 0 spiro atoms. The van der Waals surface area contributed by atoms with Crippen molar-refractivity contribution in [3.8, 4) is 5.75 Å². The smallest absolute Gasteiger partial charge is 0.312 e. The highest BCUT2D eigenvalue weighted by molar-refractivity contribution is 9.10. The number of hydrogen-bond acceptors (Lipinski definition) is 4. The molecule has 0 bridgehead atoms. The van der Waals surface area contributed by atoms with Gasteiger partial charge < -0.3 is 9.84 Å². The molecule has 0 saturated carbocycles. The van der Waals surface area contributed by atoms with Crippen LogP contribution in [-0.2, 0) is 0 Å². The van der Waals surface area contributed by atoms with Gasteiger partial charge in [0.1, 0.15) is 5.82 Å². The first-order valence-electron chi connectivity index (χ1n) is 4.86. The zero-order chi connectivity index (χ0) is 13.0. The van der Waals surface area contributed by atoms with Crippen molar-refractivity contribution >= 4 is 21.6 Å². The molecule has 1 unspecified atom stereocenters. The molecule has 7 heteroatoms. The molecule has 0 aliphatic carbocycles. The number of hydrogen-bond donors (Lipinski definition) is 1. The highest BCUT2D eigenvalue weighted by atomic mass is 79.9. The van der Waals surface area contributed by atoms with E-state index in [1.807, 2.05) is 0 Å². The zero-order valence-corrected chi connectivity index (χ0v) is 10.6. The summed E-state index contributed by atoms with van der Waals surface area (Å²) < 4.78 is 18.3. The summed E-state index contributed by atoms with van der Waals surface area (Å²) in [5.74, 6) is -0.779. The number of nitro benzene ring substituents is 1. The van der Waals surface area contributed by atoms with Gasteiger partial charge in [0.25, 0.3) is 0 Å². The molecule has 94 valence electrons. The summed E-state index contributed by atoms with van der Waals surface area (Å²) in [6, 6.07) is 2.00. The van der Waals surface area contributed by atoms with Gasteiger partial charge in [-0.1, -0.05) is 0 Å². The first-order valence-corrected chi connectivity index (χ1v) is 5.65. The molecule has 1 aromatic carbocycles. The SMILES string of the molecule is CC(O)CCOc1cc(F)c(Br)cc1[N+](=O)[O-]. The van der Waals surface area contributed by atoms with E-state index in [1.54, 1.807) is 6.92 Å². The normalized spacial score (nSPS) is 12.2. The second kappa shape index (κ2) is 5.92. The van der Waals surface area contributed by atoms with E-state index in [0.29, 0.717) is 6.42 Å². The molecule has 0 heterocycles. The Hall–Kier alpha value is -1.21. The second-order valence-corrected chi connectivity index (χ2v) is 4.33. The van der Waals surface area contributed by atoms with E-state index in [9.17, 15) is 14.5 Å². The van der Waals surface area contributed by atoms with Crippen molar-refractivity contribution in [2.75, 3.05) is 6.61 Å². The Morgan fingerprint density at radius 3 is 2.82 bits per heavy atom. The van der Waals surface area contributed by atoms with Gasteiger partial charge in [-0.3, -0.25) is 10.1 Å². The van der Waals surface area contributed by atoms with Crippen LogP contribution >= 0.6 is 15.9 Å². The Morgan fingerprint density at radius 2 is 2.29 bits per heavy atom. The molecule has 5 nitrogen and oxygen atoms in total. The number of ether oxygens (including phenoxy) is 1. The van der Waals surface area contributed by atoms with Crippen LogP contribution in [0.2, 0.25) is 0 Å². The van der Waals surface area contributed by atoms with Crippen LogP contribution in [0, 0.1) is 15.9 Å². The maximum absolute atomic E-state index is 13.2. The van der Waals surface area contributed by atoms with E-state index < -0.39 is 16.8 Å². The van der Waals surface area contributed by atoms with Gasteiger partial charge in [-0.2, -0.15) is 0 Å². The molecule has 0 amide bonds. The maximum Gasteiger partial charge on any atom is 0.312 e. The fourth-order valence-corrected chi connectivity index (χ4v) is 1.45. The second-order valence-electron chi connectivity index (χ2n) is 3.48. The monoisotopic (exact) mass is 307 g/mol. The summed E-state index contributed by atoms with van der Waals surface area (Å²) in [5.41, 5.74) is -0.316. The van der Waals surface area contributed by atoms with Crippen molar-refractivity contribution in [1.82, 2.24) is 0 Å². The van der Waals surface area contributed by atoms with E-state index in [4.69, 9.17) is 9.84 Å². The molecule has 0 aliphatic rings.